The number of carboxylic acids is 1. The molecule has 0 saturated heterocycles. The maximum absolute atomic E-state index is 10.5. The lowest BCUT2D eigenvalue weighted by Crippen LogP contribution is -1.95. The minimum Gasteiger partial charge on any atom is -0.474 e. The Hall–Kier alpha value is -1.91. The number of fused-ring (bicyclic) bond motifs is 1. The van der Waals surface area contributed by atoms with Crippen molar-refractivity contribution in [1.29, 1.82) is 0 Å². The zero-order valence-electron chi connectivity index (χ0n) is 6.81. The van der Waals surface area contributed by atoms with Crippen LogP contribution in [0.2, 0.25) is 0 Å². The van der Waals surface area contributed by atoms with E-state index in [0.717, 1.165) is 5.69 Å². The van der Waals surface area contributed by atoms with Crippen molar-refractivity contribution in [3.8, 4) is 0 Å². The van der Waals surface area contributed by atoms with E-state index in [9.17, 15) is 4.79 Å². The number of nitrogens with zero attached hydrogens (tertiary/aromatic N) is 2. The fourth-order valence-electron chi connectivity index (χ4n) is 1.00. The van der Waals surface area contributed by atoms with Crippen LogP contribution in [0.5, 0.6) is 0 Å². The van der Waals surface area contributed by atoms with Gasteiger partial charge < -0.3 is 9.52 Å². The van der Waals surface area contributed by atoms with Crippen LogP contribution in [0.25, 0.3) is 11.2 Å². The Morgan fingerprint density at radius 3 is 2.92 bits per heavy atom. The molecule has 0 aromatic carbocycles. The van der Waals surface area contributed by atoms with Crippen LogP contribution in [0.1, 0.15) is 16.4 Å². The molecular weight excluding hydrogens is 172 g/mol. The Morgan fingerprint density at radius 1 is 1.46 bits per heavy atom. The summed E-state index contributed by atoms with van der Waals surface area (Å²) in [5.41, 5.74) is 1.50. The second-order valence-electron chi connectivity index (χ2n) is 2.60. The SMILES string of the molecule is Cc1ccc2oc(C(=O)O)nc2n1. The van der Waals surface area contributed by atoms with Gasteiger partial charge in [0.1, 0.15) is 0 Å². The molecular formula is C8H6N2O3. The Morgan fingerprint density at radius 2 is 2.23 bits per heavy atom. The highest BCUT2D eigenvalue weighted by molar-refractivity contribution is 5.85. The van der Waals surface area contributed by atoms with Crippen LogP contribution in [0.3, 0.4) is 0 Å². The number of aromatic nitrogens is 2. The molecule has 66 valence electrons. The maximum Gasteiger partial charge on any atom is 0.392 e. The van der Waals surface area contributed by atoms with E-state index in [-0.39, 0.29) is 5.89 Å². The van der Waals surface area contributed by atoms with Gasteiger partial charge in [-0.15, -0.1) is 0 Å². The number of pyridine rings is 1. The number of carboxylic acid groups (broad SMARTS) is 1. The van der Waals surface area contributed by atoms with Gasteiger partial charge in [0.2, 0.25) is 0 Å². The van der Waals surface area contributed by atoms with Gasteiger partial charge in [0.15, 0.2) is 11.2 Å². The van der Waals surface area contributed by atoms with Crippen molar-refractivity contribution >= 4 is 17.2 Å². The quantitative estimate of drug-likeness (QED) is 0.710. The summed E-state index contributed by atoms with van der Waals surface area (Å²) in [7, 11) is 0. The number of carbonyl (C=O) groups is 1. The molecule has 1 N–H and O–H groups in total. The van der Waals surface area contributed by atoms with Crippen molar-refractivity contribution in [3.05, 3.63) is 23.7 Å². The Bertz CT molecular complexity index is 475. The summed E-state index contributed by atoms with van der Waals surface area (Å²) in [6.07, 6.45) is 0. The van der Waals surface area contributed by atoms with Crippen LogP contribution in [0.15, 0.2) is 16.5 Å². The maximum atomic E-state index is 10.5. The molecule has 2 rings (SSSR count). The van der Waals surface area contributed by atoms with Crippen LogP contribution in [-0.2, 0) is 0 Å². The van der Waals surface area contributed by atoms with Gasteiger partial charge in [-0.1, -0.05) is 0 Å². The van der Waals surface area contributed by atoms with E-state index in [4.69, 9.17) is 9.52 Å². The highest BCUT2D eigenvalue weighted by atomic mass is 16.4. The fraction of sp³-hybridized carbons (Fsp3) is 0.125. The van der Waals surface area contributed by atoms with Crippen LogP contribution >= 0.6 is 0 Å². The van der Waals surface area contributed by atoms with E-state index in [1.807, 2.05) is 0 Å². The van der Waals surface area contributed by atoms with Crippen molar-refractivity contribution in [2.75, 3.05) is 0 Å². The normalized spacial score (nSPS) is 10.5. The fourth-order valence-corrected chi connectivity index (χ4v) is 1.00. The molecule has 0 amide bonds. The molecule has 0 aliphatic rings. The molecule has 0 aliphatic carbocycles. The van der Waals surface area contributed by atoms with Gasteiger partial charge in [-0.3, -0.25) is 0 Å². The molecule has 0 unspecified atom stereocenters. The lowest BCUT2D eigenvalue weighted by molar-refractivity contribution is 0.0656. The summed E-state index contributed by atoms with van der Waals surface area (Å²) >= 11 is 0. The molecule has 2 heterocycles. The van der Waals surface area contributed by atoms with Crippen molar-refractivity contribution in [3.63, 3.8) is 0 Å². The second-order valence-corrected chi connectivity index (χ2v) is 2.60. The predicted octanol–water partition coefficient (Wildman–Crippen LogP) is 1.23. The van der Waals surface area contributed by atoms with E-state index in [1.54, 1.807) is 19.1 Å². The summed E-state index contributed by atoms with van der Waals surface area (Å²) in [5.74, 6) is -1.51. The van der Waals surface area contributed by atoms with Gasteiger partial charge in [0.25, 0.3) is 0 Å². The highest BCUT2D eigenvalue weighted by Crippen LogP contribution is 2.13. The lowest BCUT2D eigenvalue weighted by atomic mass is 10.4. The molecule has 0 fully saturated rings. The first-order valence-electron chi connectivity index (χ1n) is 3.64. The van der Waals surface area contributed by atoms with Gasteiger partial charge in [-0.05, 0) is 19.1 Å². The minimum atomic E-state index is -1.18. The average molecular weight is 178 g/mol. The third-order valence-corrected chi connectivity index (χ3v) is 1.58. The number of hydrogen-bond acceptors (Lipinski definition) is 4. The van der Waals surface area contributed by atoms with Crippen LogP contribution in [0.4, 0.5) is 0 Å². The molecule has 0 bridgehead atoms. The lowest BCUT2D eigenvalue weighted by Gasteiger charge is -1.86. The summed E-state index contributed by atoms with van der Waals surface area (Å²) in [5, 5.41) is 8.57. The molecule has 0 saturated carbocycles. The summed E-state index contributed by atoms with van der Waals surface area (Å²) < 4.78 is 4.91. The first kappa shape index (κ1) is 7.72. The van der Waals surface area contributed by atoms with E-state index in [2.05, 4.69) is 9.97 Å². The average Bonchev–Trinajstić information content (AvgIpc) is 2.46. The number of aromatic carboxylic acids is 1. The molecule has 2 aromatic heterocycles. The summed E-state index contributed by atoms with van der Waals surface area (Å²) in [6.45, 7) is 1.80. The Kier molecular flexibility index (Phi) is 1.51. The Balaban J connectivity index is 2.68. The minimum absolute atomic E-state index is 0.326. The monoisotopic (exact) mass is 178 g/mol. The van der Waals surface area contributed by atoms with E-state index in [0.29, 0.717) is 11.2 Å². The van der Waals surface area contributed by atoms with E-state index >= 15 is 0 Å². The summed E-state index contributed by atoms with van der Waals surface area (Å²) in [6, 6.07) is 3.39. The predicted molar refractivity (Wildman–Crippen MR) is 43.5 cm³/mol. The largest absolute Gasteiger partial charge is 0.474 e. The van der Waals surface area contributed by atoms with E-state index in [1.165, 1.54) is 0 Å². The zero-order chi connectivity index (χ0) is 9.42. The third kappa shape index (κ3) is 1.24. The molecule has 0 radical (unpaired) electrons. The first-order valence-corrected chi connectivity index (χ1v) is 3.64. The van der Waals surface area contributed by atoms with Crippen LogP contribution < -0.4 is 0 Å². The smallest absolute Gasteiger partial charge is 0.392 e. The summed E-state index contributed by atoms with van der Waals surface area (Å²) in [4.78, 5) is 18.2. The Labute approximate surface area is 73.0 Å². The highest BCUT2D eigenvalue weighted by Gasteiger charge is 2.12. The first-order chi connectivity index (χ1) is 6.16. The van der Waals surface area contributed by atoms with Gasteiger partial charge in [-0.2, -0.15) is 4.98 Å². The van der Waals surface area contributed by atoms with Crippen LogP contribution in [-0.4, -0.2) is 21.0 Å². The molecule has 0 spiro atoms. The molecule has 5 nitrogen and oxygen atoms in total. The molecule has 0 aliphatic heterocycles. The topological polar surface area (TPSA) is 76.2 Å². The van der Waals surface area contributed by atoms with Crippen molar-refractivity contribution in [2.24, 2.45) is 0 Å². The van der Waals surface area contributed by atoms with Gasteiger partial charge >= 0.3 is 11.9 Å². The van der Waals surface area contributed by atoms with Gasteiger partial charge in [-0.25, -0.2) is 9.78 Å². The van der Waals surface area contributed by atoms with Crippen molar-refractivity contribution in [2.45, 2.75) is 6.92 Å². The van der Waals surface area contributed by atoms with Crippen LogP contribution in [0, 0.1) is 6.92 Å². The molecule has 5 heteroatoms. The molecule has 2 aromatic rings. The van der Waals surface area contributed by atoms with E-state index < -0.39 is 5.97 Å². The van der Waals surface area contributed by atoms with Gasteiger partial charge in [0.05, 0.1) is 0 Å². The zero-order valence-corrected chi connectivity index (χ0v) is 6.81. The molecule has 13 heavy (non-hydrogen) atoms. The van der Waals surface area contributed by atoms with Crippen molar-refractivity contribution in [1.82, 2.24) is 9.97 Å². The van der Waals surface area contributed by atoms with Crippen molar-refractivity contribution < 1.29 is 14.3 Å². The standard InChI is InChI=1S/C8H6N2O3/c1-4-2-3-5-6(9-4)10-7(13-5)8(11)12/h2-3H,1H3,(H,11,12). The number of rotatable bonds is 1. The second kappa shape index (κ2) is 2.55. The molecule has 0 atom stereocenters. The number of oxazole rings is 1. The van der Waals surface area contributed by atoms with Gasteiger partial charge in [0, 0.05) is 5.69 Å². The third-order valence-electron chi connectivity index (χ3n) is 1.58. The number of aryl methyl sites for hydroxylation is 1. The number of hydrogen-bond donors (Lipinski definition) is 1.